The van der Waals surface area contributed by atoms with Crippen molar-refractivity contribution in [3.05, 3.63) is 41.5 Å². The van der Waals surface area contributed by atoms with Gasteiger partial charge >= 0.3 is 5.97 Å². The lowest BCUT2D eigenvalue weighted by atomic mass is 9.99. The summed E-state index contributed by atoms with van der Waals surface area (Å²) in [6.07, 6.45) is 1.37. The summed E-state index contributed by atoms with van der Waals surface area (Å²) in [6, 6.07) is 3.28. The number of nitrogens with zero attached hydrogens (tertiary/aromatic N) is 1. The number of aromatic carboxylic acids is 1. The maximum atomic E-state index is 13.2. The zero-order valence-corrected chi connectivity index (χ0v) is 9.40. The Balaban J connectivity index is 2.69. The first-order valence-corrected chi connectivity index (χ1v) is 5.08. The fraction of sp³-hybridized carbons (Fsp3) is 0.0833. The van der Waals surface area contributed by atoms with E-state index in [1.165, 1.54) is 13.1 Å². The second-order valence-electron chi connectivity index (χ2n) is 3.70. The van der Waals surface area contributed by atoms with E-state index in [1.807, 2.05) is 0 Å². The fourth-order valence-electron chi connectivity index (χ4n) is 1.69. The molecule has 6 heteroatoms. The van der Waals surface area contributed by atoms with Gasteiger partial charge in [0.15, 0.2) is 5.78 Å². The summed E-state index contributed by atoms with van der Waals surface area (Å²) in [6.45, 7) is 1.30. The van der Waals surface area contributed by atoms with Gasteiger partial charge in [-0.15, -0.1) is 0 Å². The van der Waals surface area contributed by atoms with Crippen molar-refractivity contribution >= 4 is 11.8 Å². The van der Waals surface area contributed by atoms with E-state index in [2.05, 4.69) is 10.2 Å². The van der Waals surface area contributed by atoms with Gasteiger partial charge in [0.05, 0.1) is 5.56 Å². The molecule has 0 amide bonds. The third-order valence-electron chi connectivity index (χ3n) is 2.48. The minimum Gasteiger partial charge on any atom is -0.478 e. The molecule has 0 aliphatic heterocycles. The average Bonchev–Trinajstić information content (AvgIpc) is 2.77. The lowest BCUT2D eigenvalue weighted by Gasteiger charge is -2.05. The minimum atomic E-state index is -1.19. The smallest absolute Gasteiger partial charge is 0.336 e. The summed E-state index contributed by atoms with van der Waals surface area (Å²) >= 11 is 0. The van der Waals surface area contributed by atoms with E-state index in [0.717, 1.165) is 18.2 Å². The molecule has 0 fully saturated rings. The molecule has 1 aromatic heterocycles. The van der Waals surface area contributed by atoms with Gasteiger partial charge in [0.25, 0.3) is 0 Å². The molecule has 2 rings (SSSR count). The van der Waals surface area contributed by atoms with Crippen molar-refractivity contribution in [2.24, 2.45) is 0 Å². The van der Waals surface area contributed by atoms with Gasteiger partial charge in [0, 0.05) is 24.2 Å². The fourth-order valence-corrected chi connectivity index (χ4v) is 1.69. The molecule has 18 heavy (non-hydrogen) atoms. The van der Waals surface area contributed by atoms with Crippen LogP contribution in [0.1, 0.15) is 27.8 Å². The molecule has 1 heterocycles. The quantitative estimate of drug-likeness (QED) is 0.815. The van der Waals surface area contributed by atoms with E-state index < -0.39 is 11.8 Å². The van der Waals surface area contributed by atoms with Crippen molar-refractivity contribution in [1.29, 1.82) is 0 Å². The predicted molar refractivity (Wildman–Crippen MR) is 60.9 cm³/mol. The standard InChI is InChI=1S/C12H9FN2O3/c1-6(16)11-10(5-14-15-11)9-4-7(13)2-3-8(9)12(17)18/h2-5H,1H3,(H,14,15)(H,17,18). The van der Waals surface area contributed by atoms with Crippen LogP contribution in [0.2, 0.25) is 0 Å². The number of aromatic nitrogens is 2. The molecule has 2 aromatic rings. The third kappa shape index (κ3) is 2.00. The number of aromatic amines is 1. The van der Waals surface area contributed by atoms with Crippen LogP contribution in [0.3, 0.4) is 0 Å². The number of hydrogen-bond acceptors (Lipinski definition) is 3. The Labute approximate surface area is 101 Å². The molecule has 0 aliphatic carbocycles. The molecule has 5 nitrogen and oxygen atoms in total. The Kier molecular flexibility index (Phi) is 2.93. The first-order chi connectivity index (χ1) is 8.50. The number of Topliss-reactive ketones (excluding diaryl/α,β-unsaturated/α-hetero) is 1. The molecule has 0 aliphatic rings. The highest BCUT2D eigenvalue weighted by molar-refractivity contribution is 6.03. The number of carboxylic acids is 1. The number of nitrogens with one attached hydrogen (secondary N) is 1. The zero-order valence-electron chi connectivity index (χ0n) is 9.40. The monoisotopic (exact) mass is 248 g/mol. The molecule has 0 atom stereocenters. The summed E-state index contributed by atoms with van der Waals surface area (Å²) in [4.78, 5) is 22.4. The molecular formula is C12H9FN2O3. The Hall–Kier alpha value is -2.50. The number of benzene rings is 1. The van der Waals surface area contributed by atoms with E-state index in [4.69, 9.17) is 5.11 Å². The molecule has 92 valence electrons. The van der Waals surface area contributed by atoms with E-state index in [0.29, 0.717) is 0 Å². The summed E-state index contributed by atoms with van der Waals surface area (Å²) in [5.41, 5.74) is 0.407. The number of carbonyl (C=O) groups is 2. The van der Waals surface area contributed by atoms with Crippen LogP contribution in [-0.2, 0) is 0 Å². The lowest BCUT2D eigenvalue weighted by Crippen LogP contribution is -2.02. The van der Waals surface area contributed by atoms with Crippen molar-refractivity contribution < 1.29 is 19.1 Å². The number of carbonyl (C=O) groups excluding carboxylic acids is 1. The number of rotatable bonds is 3. The molecule has 0 saturated heterocycles. The normalized spacial score (nSPS) is 10.3. The lowest BCUT2D eigenvalue weighted by molar-refractivity contribution is 0.0697. The Bertz CT molecular complexity index is 634. The molecule has 0 radical (unpaired) electrons. The van der Waals surface area contributed by atoms with Gasteiger partial charge in [-0.25, -0.2) is 9.18 Å². The third-order valence-corrected chi connectivity index (χ3v) is 2.48. The van der Waals surface area contributed by atoms with Crippen molar-refractivity contribution in [2.45, 2.75) is 6.92 Å². The Morgan fingerprint density at radius 2 is 2.06 bits per heavy atom. The topological polar surface area (TPSA) is 83.0 Å². The van der Waals surface area contributed by atoms with Crippen molar-refractivity contribution in [1.82, 2.24) is 10.2 Å². The summed E-state index contributed by atoms with van der Waals surface area (Å²) < 4.78 is 13.2. The van der Waals surface area contributed by atoms with Gasteiger partial charge in [-0.2, -0.15) is 5.10 Å². The van der Waals surface area contributed by atoms with Crippen LogP contribution in [0.4, 0.5) is 4.39 Å². The summed E-state index contributed by atoms with van der Waals surface area (Å²) in [5, 5.41) is 15.3. The molecule has 1 aromatic carbocycles. The predicted octanol–water partition coefficient (Wildman–Crippen LogP) is 2.12. The highest BCUT2D eigenvalue weighted by atomic mass is 19.1. The SMILES string of the molecule is CC(=O)c1n[nH]cc1-c1cc(F)ccc1C(=O)O. The second kappa shape index (κ2) is 4.40. The Morgan fingerprint density at radius 1 is 1.33 bits per heavy atom. The molecule has 2 N–H and O–H groups in total. The van der Waals surface area contributed by atoms with E-state index in [1.54, 1.807) is 0 Å². The van der Waals surface area contributed by atoms with Crippen molar-refractivity contribution in [3.63, 3.8) is 0 Å². The molecular weight excluding hydrogens is 239 g/mol. The van der Waals surface area contributed by atoms with Crippen LogP contribution in [0.15, 0.2) is 24.4 Å². The first kappa shape index (κ1) is 12.0. The molecule has 0 spiro atoms. The van der Waals surface area contributed by atoms with E-state index in [-0.39, 0.29) is 28.2 Å². The number of hydrogen-bond donors (Lipinski definition) is 2. The van der Waals surface area contributed by atoms with Gasteiger partial charge in [-0.1, -0.05) is 0 Å². The zero-order chi connectivity index (χ0) is 13.3. The Morgan fingerprint density at radius 3 is 2.67 bits per heavy atom. The summed E-state index contributed by atoms with van der Waals surface area (Å²) in [7, 11) is 0. The maximum absolute atomic E-state index is 13.2. The number of halogens is 1. The van der Waals surface area contributed by atoms with Crippen molar-refractivity contribution in [3.8, 4) is 11.1 Å². The summed E-state index contributed by atoms with van der Waals surface area (Å²) in [5.74, 6) is -2.10. The van der Waals surface area contributed by atoms with Crippen LogP contribution in [-0.4, -0.2) is 27.1 Å². The van der Waals surface area contributed by atoms with Crippen molar-refractivity contribution in [2.75, 3.05) is 0 Å². The number of carboxylic acid groups (broad SMARTS) is 1. The maximum Gasteiger partial charge on any atom is 0.336 e. The molecule has 0 unspecified atom stereocenters. The number of H-pyrrole nitrogens is 1. The van der Waals surface area contributed by atoms with Crippen LogP contribution in [0.5, 0.6) is 0 Å². The van der Waals surface area contributed by atoms with Crippen LogP contribution < -0.4 is 0 Å². The van der Waals surface area contributed by atoms with Gasteiger partial charge in [-0.3, -0.25) is 9.89 Å². The van der Waals surface area contributed by atoms with Gasteiger partial charge in [-0.05, 0) is 18.2 Å². The van der Waals surface area contributed by atoms with Crippen LogP contribution in [0.25, 0.3) is 11.1 Å². The average molecular weight is 248 g/mol. The van der Waals surface area contributed by atoms with Crippen LogP contribution in [0, 0.1) is 5.82 Å². The van der Waals surface area contributed by atoms with Gasteiger partial charge in [0.2, 0.25) is 0 Å². The number of ketones is 1. The van der Waals surface area contributed by atoms with Gasteiger partial charge in [0.1, 0.15) is 11.5 Å². The molecule has 0 saturated carbocycles. The highest BCUT2D eigenvalue weighted by Crippen LogP contribution is 2.27. The first-order valence-electron chi connectivity index (χ1n) is 5.08. The van der Waals surface area contributed by atoms with Gasteiger partial charge < -0.3 is 5.11 Å². The minimum absolute atomic E-state index is 0.0831. The van der Waals surface area contributed by atoms with Crippen LogP contribution >= 0.6 is 0 Å². The second-order valence-corrected chi connectivity index (χ2v) is 3.70. The molecule has 0 bridgehead atoms. The highest BCUT2D eigenvalue weighted by Gasteiger charge is 2.19. The van der Waals surface area contributed by atoms with E-state index >= 15 is 0 Å². The van der Waals surface area contributed by atoms with E-state index in [9.17, 15) is 14.0 Å². The largest absolute Gasteiger partial charge is 0.478 e.